The number of hydrogen-bond donors (Lipinski definition) is 0. The minimum Gasteiger partial charge on any atom is -0.338 e. The van der Waals surface area contributed by atoms with Gasteiger partial charge in [0.1, 0.15) is 5.82 Å². The molecule has 0 saturated carbocycles. The van der Waals surface area contributed by atoms with E-state index in [4.69, 9.17) is 0 Å². The molecular formula is C11H10FNO. The minimum atomic E-state index is -0.537. The Morgan fingerprint density at radius 3 is 2.57 bits per heavy atom. The molecule has 0 heterocycles. The van der Waals surface area contributed by atoms with Gasteiger partial charge in [-0.1, -0.05) is 12.1 Å². The molecular weight excluding hydrogens is 181 g/mol. The van der Waals surface area contributed by atoms with Crippen molar-refractivity contribution in [3.8, 4) is 12.0 Å². The summed E-state index contributed by atoms with van der Waals surface area (Å²) in [6.45, 7) is 0. The van der Waals surface area contributed by atoms with E-state index in [0.717, 1.165) is 0 Å². The molecule has 0 spiro atoms. The van der Waals surface area contributed by atoms with Crippen LogP contribution in [0, 0.1) is 17.8 Å². The molecule has 0 fully saturated rings. The molecule has 0 aliphatic heterocycles. The van der Waals surface area contributed by atoms with Gasteiger partial charge in [0.2, 0.25) is 5.78 Å². The molecule has 0 aliphatic rings. The third kappa shape index (κ3) is 2.60. The molecule has 0 radical (unpaired) electrons. The lowest BCUT2D eigenvalue weighted by Crippen LogP contribution is -2.04. The van der Waals surface area contributed by atoms with Crippen LogP contribution < -0.4 is 0 Å². The Labute approximate surface area is 82.3 Å². The number of ketones is 1. The van der Waals surface area contributed by atoms with Crippen molar-refractivity contribution in [1.82, 2.24) is 4.90 Å². The Kier molecular flexibility index (Phi) is 3.24. The summed E-state index contributed by atoms with van der Waals surface area (Å²) in [5.74, 6) is 1.30. The SMILES string of the molecule is CN(C)C#CC(=O)c1ccccc1F. The lowest BCUT2D eigenvalue weighted by Gasteiger charge is -1.98. The summed E-state index contributed by atoms with van der Waals surface area (Å²) in [6.07, 6.45) is 0. The van der Waals surface area contributed by atoms with Crippen LogP contribution in [0.5, 0.6) is 0 Å². The fraction of sp³-hybridized carbons (Fsp3) is 0.182. The van der Waals surface area contributed by atoms with Gasteiger partial charge in [0.15, 0.2) is 0 Å². The molecule has 0 N–H and O–H groups in total. The van der Waals surface area contributed by atoms with Gasteiger partial charge >= 0.3 is 0 Å². The molecule has 72 valence electrons. The smallest absolute Gasteiger partial charge is 0.240 e. The van der Waals surface area contributed by atoms with Gasteiger partial charge in [0.05, 0.1) is 5.56 Å². The van der Waals surface area contributed by atoms with Crippen molar-refractivity contribution >= 4 is 5.78 Å². The summed E-state index contributed by atoms with van der Waals surface area (Å²) in [7, 11) is 3.42. The van der Waals surface area contributed by atoms with Crippen LogP contribution in [0.4, 0.5) is 4.39 Å². The monoisotopic (exact) mass is 191 g/mol. The summed E-state index contributed by atoms with van der Waals surface area (Å²) in [5, 5.41) is 0. The Hall–Kier alpha value is -1.82. The summed E-state index contributed by atoms with van der Waals surface area (Å²) < 4.78 is 13.1. The first-order valence-corrected chi connectivity index (χ1v) is 4.09. The van der Waals surface area contributed by atoms with Gasteiger partial charge in [-0.15, -0.1) is 0 Å². The molecule has 1 rings (SSSR count). The summed E-state index contributed by atoms with van der Waals surface area (Å²) in [5.41, 5.74) is 0.0156. The highest BCUT2D eigenvalue weighted by molar-refractivity contribution is 6.09. The predicted octanol–water partition coefficient (Wildman–Crippen LogP) is 1.53. The minimum absolute atomic E-state index is 0.0156. The first-order valence-electron chi connectivity index (χ1n) is 4.09. The summed E-state index contributed by atoms with van der Waals surface area (Å²) in [4.78, 5) is 12.9. The zero-order chi connectivity index (χ0) is 10.6. The normalized spacial score (nSPS) is 8.79. The van der Waals surface area contributed by atoms with E-state index in [0.29, 0.717) is 0 Å². The molecule has 2 nitrogen and oxygen atoms in total. The van der Waals surface area contributed by atoms with Crippen molar-refractivity contribution in [1.29, 1.82) is 0 Å². The van der Waals surface area contributed by atoms with Crippen molar-refractivity contribution in [3.63, 3.8) is 0 Å². The first kappa shape index (κ1) is 10.3. The molecule has 1 aromatic rings. The van der Waals surface area contributed by atoms with E-state index in [2.05, 4.69) is 12.0 Å². The van der Waals surface area contributed by atoms with E-state index in [9.17, 15) is 9.18 Å². The Balaban J connectivity index is 2.93. The van der Waals surface area contributed by atoms with Crippen LogP contribution in [-0.2, 0) is 0 Å². The van der Waals surface area contributed by atoms with E-state index >= 15 is 0 Å². The topological polar surface area (TPSA) is 20.3 Å². The van der Waals surface area contributed by atoms with Crippen LogP contribution in [0.2, 0.25) is 0 Å². The zero-order valence-electron chi connectivity index (χ0n) is 8.04. The average Bonchev–Trinajstić information content (AvgIpc) is 2.15. The van der Waals surface area contributed by atoms with E-state index in [-0.39, 0.29) is 5.56 Å². The van der Waals surface area contributed by atoms with Gasteiger partial charge in [-0.05, 0) is 12.1 Å². The summed E-state index contributed by atoms with van der Waals surface area (Å²) >= 11 is 0. The van der Waals surface area contributed by atoms with Crippen LogP contribution in [0.1, 0.15) is 10.4 Å². The number of Topliss-reactive ketones (excluding diaryl/α,β-unsaturated/α-hetero) is 1. The largest absolute Gasteiger partial charge is 0.338 e. The highest BCUT2D eigenvalue weighted by atomic mass is 19.1. The number of halogens is 1. The van der Waals surface area contributed by atoms with Crippen molar-refractivity contribution in [2.75, 3.05) is 14.1 Å². The number of carbonyl (C=O) groups is 1. The number of hydrogen-bond acceptors (Lipinski definition) is 2. The molecule has 1 aromatic carbocycles. The quantitative estimate of drug-likeness (QED) is 0.381. The number of rotatable bonds is 1. The number of carbonyl (C=O) groups excluding carboxylic acids is 1. The van der Waals surface area contributed by atoms with Gasteiger partial charge in [0, 0.05) is 26.1 Å². The van der Waals surface area contributed by atoms with Crippen LogP contribution in [0.3, 0.4) is 0 Å². The highest BCUT2D eigenvalue weighted by Crippen LogP contribution is 2.06. The molecule has 14 heavy (non-hydrogen) atoms. The maximum Gasteiger partial charge on any atom is 0.240 e. The van der Waals surface area contributed by atoms with Gasteiger partial charge in [0.25, 0.3) is 0 Å². The van der Waals surface area contributed by atoms with E-state index in [1.165, 1.54) is 18.2 Å². The zero-order valence-corrected chi connectivity index (χ0v) is 8.04. The Morgan fingerprint density at radius 1 is 1.36 bits per heavy atom. The fourth-order valence-electron chi connectivity index (χ4n) is 0.875. The molecule has 0 aliphatic carbocycles. The molecule has 3 heteroatoms. The molecule has 0 atom stereocenters. The lowest BCUT2D eigenvalue weighted by molar-refractivity contribution is 0.105. The second kappa shape index (κ2) is 4.43. The van der Waals surface area contributed by atoms with E-state index in [1.54, 1.807) is 25.1 Å². The van der Waals surface area contributed by atoms with Crippen LogP contribution in [0.25, 0.3) is 0 Å². The third-order valence-corrected chi connectivity index (χ3v) is 1.51. The van der Waals surface area contributed by atoms with Gasteiger partial charge in [-0.2, -0.15) is 0 Å². The maximum absolute atomic E-state index is 13.1. The molecule has 0 amide bonds. The number of benzene rings is 1. The fourth-order valence-corrected chi connectivity index (χ4v) is 0.875. The molecule has 0 bridgehead atoms. The third-order valence-electron chi connectivity index (χ3n) is 1.51. The Morgan fingerprint density at radius 2 is 2.00 bits per heavy atom. The van der Waals surface area contributed by atoms with Crippen molar-refractivity contribution in [2.45, 2.75) is 0 Å². The highest BCUT2D eigenvalue weighted by Gasteiger charge is 2.07. The molecule has 0 aromatic heterocycles. The first-order chi connectivity index (χ1) is 6.61. The van der Waals surface area contributed by atoms with Crippen LogP contribution in [0.15, 0.2) is 24.3 Å². The Bertz CT molecular complexity index is 401. The van der Waals surface area contributed by atoms with Crippen LogP contribution >= 0.6 is 0 Å². The average molecular weight is 191 g/mol. The van der Waals surface area contributed by atoms with Crippen LogP contribution in [-0.4, -0.2) is 24.8 Å². The lowest BCUT2D eigenvalue weighted by atomic mass is 10.1. The van der Waals surface area contributed by atoms with Gasteiger partial charge in [-0.3, -0.25) is 4.79 Å². The van der Waals surface area contributed by atoms with Crippen molar-refractivity contribution < 1.29 is 9.18 Å². The second-order valence-electron chi connectivity index (χ2n) is 2.94. The summed E-state index contributed by atoms with van der Waals surface area (Å²) in [6, 6.07) is 8.34. The number of nitrogens with zero attached hydrogens (tertiary/aromatic N) is 1. The molecule has 0 unspecified atom stereocenters. The van der Waals surface area contributed by atoms with Gasteiger partial charge < -0.3 is 4.90 Å². The predicted molar refractivity (Wildman–Crippen MR) is 52.2 cm³/mol. The van der Waals surface area contributed by atoms with Crippen molar-refractivity contribution in [2.24, 2.45) is 0 Å². The van der Waals surface area contributed by atoms with Crippen molar-refractivity contribution in [3.05, 3.63) is 35.6 Å². The standard InChI is InChI=1S/C11H10FNO/c1-13(2)8-7-11(14)9-5-3-4-6-10(9)12/h3-6H,1-2H3. The van der Waals surface area contributed by atoms with Gasteiger partial charge in [-0.25, -0.2) is 4.39 Å². The maximum atomic E-state index is 13.1. The molecule has 0 saturated heterocycles. The van der Waals surface area contributed by atoms with E-state index < -0.39 is 11.6 Å². The second-order valence-corrected chi connectivity index (χ2v) is 2.94. The van der Waals surface area contributed by atoms with E-state index in [1.807, 2.05) is 0 Å².